The predicted octanol–water partition coefficient (Wildman–Crippen LogP) is 2.49. The molecule has 0 amide bonds. The maximum atomic E-state index is 5.83. The number of nitrogens with one attached hydrogen (secondary N) is 1. The molecule has 2 heteroatoms. The zero-order valence-corrected chi connectivity index (χ0v) is 11.4. The minimum Gasteiger partial charge on any atom is -0.328 e. The van der Waals surface area contributed by atoms with Crippen molar-refractivity contribution in [2.45, 2.75) is 47.6 Å². The molecule has 0 radical (unpaired) electrons. The molecule has 0 spiro atoms. The van der Waals surface area contributed by atoms with Crippen LogP contribution in [0, 0.1) is 23.7 Å². The van der Waals surface area contributed by atoms with E-state index in [9.17, 15) is 0 Å². The van der Waals surface area contributed by atoms with Gasteiger partial charge in [-0.1, -0.05) is 34.6 Å². The second-order valence-corrected chi connectivity index (χ2v) is 5.65. The third-order valence-electron chi connectivity index (χ3n) is 3.46. The fourth-order valence-corrected chi connectivity index (χ4v) is 1.90. The topological polar surface area (TPSA) is 38.0 Å². The smallest absolute Gasteiger partial charge is 0.00482 e. The average Bonchev–Trinajstić information content (AvgIpc) is 2.10. The summed E-state index contributed by atoms with van der Waals surface area (Å²) in [6.45, 7) is 15.7. The molecule has 0 aromatic carbocycles. The van der Waals surface area contributed by atoms with Crippen molar-refractivity contribution >= 4 is 0 Å². The Balaban J connectivity index is 3.81. The first-order chi connectivity index (χ1) is 6.86. The highest BCUT2D eigenvalue weighted by molar-refractivity contribution is 4.72. The van der Waals surface area contributed by atoms with Gasteiger partial charge in [-0.15, -0.1) is 0 Å². The van der Waals surface area contributed by atoms with Crippen molar-refractivity contribution in [3.05, 3.63) is 0 Å². The largest absolute Gasteiger partial charge is 0.328 e. The molecule has 0 aliphatic heterocycles. The van der Waals surface area contributed by atoms with Gasteiger partial charge < -0.3 is 11.1 Å². The molecule has 0 aliphatic rings. The lowest BCUT2D eigenvalue weighted by atomic mass is 9.85. The lowest BCUT2D eigenvalue weighted by Gasteiger charge is -2.26. The van der Waals surface area contributed by atoms with Crippen molar-refractivity contribution in [2.24, 2.45) is 29.4 Å². The Bertz CT molecular complexity index is 145. The zero-order valence-electron chi connectivity index (χ0n) is 11.4. The summed E-state index contributed by atoms with van der Waals surface area (Å²) in [4.78, 5) is 0. The molecule has 0 bridgehead atoms. The molecule has 2 atom stereocenters. The second-order valence-electron chi connectivity index (χ2n) is 5.65. The van der Waals surface area contributed by atoms with Gasteiger partial charge in [-0.05, 0) is 43.7 Å². The van der Waals surface area contributed by atoms with Crippen molar-refractivity contribution in [3.63, 3.8) is 0 Å². The third kappa shape index (κ3) is 6.16. The second kappa shape index (κ2) is 7.24. The van der Waals surface area contributed by atoms with Crippen molar-refractivity contribution in [2.75, 3.05) is 13.1 Å². The zero-order chi connectivity index (χ0) is 12.0. The van der Waals surface area contributed by atoms with Gasteiger partial charge in [0.2, 0.25) is 0 Å². The third-order valence-corrected chi connectivity index (χ3v) is 3.46. The molecular weight excluding hydrogens is 184 g/mol. The Labute approximate surface area is 96.0 Å². The van der Waals surface area contributed by atoms with E-state index in [4.69, 9.17) is 5.73 Å². The molecule has 2 unspecified atom stereocenters. The van der Waals surface area contributed by atoms with Crippen LogP contribution in [0.25, 0.3) is 0 Å². The van der Waals surface area contributed by atoms with E-state index in [0.717, 1.165) is 30.8 Å². The van der Waals surface area contributed by atoms with E-state index in [1.807, 2.05) is 0 Å². The molecule has 15 heavy (non-hydrogen) atoms. The van der Waals surface area contributed by atoms with Crippen molar-refractivity contribution in [3.8, 4) is 0 Å². The van der Waals surface area contributed by atoms with Crippen LogP contribution in [0.15, 0.2) is 0 Å². The van der Waals surface area contributed by atoms with Crippen LogP contribution in [0.2, 0.25) is 0 Å². The Hall–Kier alpha value is -0.0800. The van der Waals surface area contributed by atoms with Crippen LogP contribution in [-0.4, -0.2) is 19.1 Å². The minimum absolute atomic E-state index is 0.286. The summed E-state index contributed by atoms with van der Waals surface area (Å²) in [5.41, 5.74) is 5.83. The standard InChI is InChI=1S/C13H30N2/c1-9(2)13(10(3)4)8-15-7-11(5)12(6)14/h9-13,15H,7-8,14H2,1-6H3. The normalized spacial score (nSPS) is 16.4. The van der Waals surface area contributed by atoms with Gasteiger partial charge in [-0.3, -0.25) is 0 Å². The molecule has 0 fully saturated rings. The Morgan fingerprint density at radius 1 is 0.867 bits per heavy atom. The molecule has 0 aromatic rings. The van der Waals surface area contributed by atoms with E-state index in [2.05, 4.69) is 46.9 Å². The Morgan fingerprint density at radius 3 is 1.67 bits per heavy atom. The SMILES string of the molecule is CC(C)C(CNCC(C)C(C)N)C(C)C. The van der Waals surface area contributed by atoms with Crippen LogP contribution in [-0.2, 0) is 0 Å². The number of hydrogen-bond donors (Lipinski definition) is 2. The fraction of sp³-hybridized carbons (Fsp3) is 1.00. The maximum Gasteiger partial charge on any atom is 0.00482 e. The molecule has 0 rings (SSSR count). The molecule has 3 N–H and O–H groups in total. The van der Waals surface area contributed by atoms with E-state index in [1.54, 1.807) is 0 Å². The molecule has 0 aliphatic carbocycles. The fourth-order valence-electron chi connectivity index (χ4n) is 1.90. The number of nitrogens with two attached hydrogens (primary N) is 1. The summed E-state index contributed by atoms with van der Waals surface area (Å²) in [6.07, 6.45) is 0. The lowest BCUT2D eigenvalue weighted by Crippen LogP contribution is -2.37. The van der Waals surface area contributed by atoms with Crippen molar-refractivity contribution in [1.82, 2.24) is 5.32 Å². The van der Waals surface area contributed by atoms with Gasteiger partial charge in [0, 0.05) is 6.04 Å². The van der Waals surface area contributed by atoms with Crippen LogP contribution < -0.4 is 11.1 Å². The number of rotatable bonds is 7. The van der Waals surface area contributed by atoms with Crippen molar-refractivity contribution in [1.29, 1.82) is 0 Å². The summed E-state index contributed by atoms with van der Waals surface area (Å²) in [7, 11) is 0. The van der Waals surface area contributed by atoms with E-state index in [0.29, 0.717) is 5.92 Å². The van der Waals surface area contributed by atoms with Gasteiger partial charge in [0.15, 0.2) is 0 Å². The van der Waals surface area contributed by atoms with Crippen molar-refractivity contribution < 1.29 is 0 Å². The highest BCUT2D eigenvalue weighted by Crippen LogP contribution is 2.19. The van der Waals surface area contributed by atoms with Crippen LogP contribution in [0.4, 0.5) is 0 Å². The van der Waals surface area contributed by atoms with Crippen LogP contribution in [0.3, 0.4) is 0 Å². The average molecular weight is 214 g/mol. The van der Waals surface area contributed by atoms with E-state index >= 15 is 0 Å². The van der Waals surface area contributed by atoms with E-state index < -0.39 is 0 Å². The molecule has 2 nitrogen and oxygen atoms in total. The summed E-state index contributed by atoms with van der Waals surface area (Å²) in [5.74, 6) is 2.83. The molecular formula is C13H30N2. The maximum absolute atomic E-state index is 5.83. The Morgan fingerprint density at radius 2 is 1.33 bits per heavy atom. The van der Waals surface area contributed by atoms with Crippen LogP contribution in [0.1, 0.15) is 41.5 Å². The van der Waals surface area contributed by atoms with Gasteiger partial charge in [0.05, 0.1) is 0 Å². The first kappa shape index (κ1) is 14.9. The number of hydrogen-bond acceptors (Lipinski definition) is 2. The van der Waals surface area contributed by atoms with Crippen LogP contribution in [0.5, 0.6) is 0 Å². The minimum atomic E-state index is 0.286. The molecule has 92 valence electrons. The first-order valence-corrected chi connectivity index (χ1v) is 6.32. The first-order valence-electron chi connectivity index (χ1n) is 6.32. The highest BCUT2D eigenvalue weighted by Gasteiger charge is 2.17. The molecule has 0 saturated heterocycles. The Kier molecular flexibility index (Phi) is 7.20. The van der Waals surface area contributed by atoms with Crippen LogP contribution >= 0.6 is 0 Å². The van der Waals surface area contributed by atoms with Gasteiger partial charge in [0.1, 0.15) is 0 Å². The van der Waals surface area contributed by atoms with E-state index in [1.165, 1.54) is 0 Å². The summed E-state index contributed by atoms with van der Waals surface area (Å²) in [5, 5.41) is 3.55. The van der Waals surface area contributed by atoms with Gasteiger partial charge in [-0.2, -0.15) is 0 Å². The monoisotopic (exact) mass is 214 g/mol. The quantitative estimate of drug-likeness (QED) is 0.683. The predicted molar refractivity (Wildman–Crippen MR) is 68.8 cm³/mol. The summed E-state index contributed by atoms with van der Waals surface area (Å²) < 4.78 is 0. The molecule has 0 heterocycles. The van der Waals surface area contributed by atoms with Gasteiger partial charge in [-0.25, -0.2) is 0 Å². The molecule has 0 aromatic heterocycles. The lowest BCUT2D eigenvalue weighted by molar-refractivity contribution is 0.269. The highest BCUT2D eigenvalue weighted by atomic mass is 14.9. The van der Waals surface area contributed by atoms with Gasteiger partial charge in [0.25, 0.3) is 0 Å². The summed E-state index contributed by atoms with van der Waals surface area (Å²) in [6, 6.07) is 0.286. The molecule has 0 saturated carbocycles. The van der Waals surface area contributed by atoms with Gasteiger partial charge >= 0.3 is 0 Å². The summed E-state index contributed by atoms with van der Waals surface area (Å²) >= 11 is 0. The van der Waals surface area contributed by atoms with E-state index in [-0.39, 0.29) is 6.04 Å².